The molecule has 0 amide bonds. The van der Waals surface area contributed by atoms with Crippen LogP contribution in [0.1, 0.15) is 17.7 Å². The van der Waals surface area contributed by atoms with Crippen LogP contribution in [0.2, 0.25) is 0 Å². The number of anilines is 1. The van der Waals surface area contributed by atoms with Crippen LogP contribution >= 0.6 is 38.6 Å². The van der Waals surface area contributed by atoms with Crippen molar-refractivity contribution in [2.75, 3.05) is 25.0 Å². The molecule has 1 saturated heterocycles. The van der Waals surface area contributed by atoms with Gasteiger partial charge in [-0.15, -0.1) is 22.7 Å². The minimum atomic E-state index is 0.493. The van der Waals surface area contributed by atoms with Crippen molar-refractivity contribution >= 4 is 49.6 Å². The van der Waals surface area contributed by atoms with Crippen LogP contribution < -0.4 is 15.5 Å². The van der Waals surface area contributed by atoms with Gasteiger partial charge in [-0.3, -0.25) is 4.99 Å². The van der Waals surface area contributed by atoms with Gasteiger partial charge in [-0.2, -0.15) is 0 Å². The molecule has 1 aliphatic rings. The molecule has 0 aliphatic carbocycles. The first kappa shape index (κ1) is 16.8. The lowest BCUT2D eigenvalue weighted by Gasteiger charge is -2.33. The Kier molecular flexibility index (Phi) is 5.96. The molecule has 3 rings (SSSR count). The van der Waals surface area contributed by atoms with Crippen molar-refractivity contribution in [3.63, 3.8) is 0 Å². The normalized spacial score (nSPS) is 16.6. The maximum Gasteiger partial charge on any atom is 0.191 e. The zero-order valence-corrected chi connectivity index (χ0v) is 16.3. The summed E-state index contributed by atoms with van der Waals surface area (Å²) in [5.74, 6) is 0.893. The molecule has 0 aromatic carbocycles. The van der Waals surface area contributed by atoms with Crippen LogP contribution in [0, 0.1) is 0 Å². The van der Waals surface area contributed by atoms with E-state index < -0.39 is 0 Å². The number of piperidine rings is 1. The van der Waals surface area contributed by atoms with Gasteiger partial charge in [-0.05, 0) is 52.4 Å². The van der Waals surface area contributed by atoms with Crippen molar-refractivity contribution in [3.8, 4) is 0 Å². The highest BCUT2D eigenvalue weighted by Gasteiger charge is 2.20. The summed E-state index contributed by atoms with van der Waals surface area (Å²) in [6, 6.07) is 6.97. The fourth-order valence-corrected chi connectivity index (χ4v) is 4.88. The molecule has 0 atom stereocenters. The predicted molar refractivity (Wildman–Crippen MR) is 105 cm³/mol. The molecular weight excluding hydrogens is 392 g/mol. The first-order valence-corrected chi connectivity index (χ1v) is 10.3. The highest BCUT2D eigenvalue weighted by atomic mass is 79.9. The van der Waals surface area contributed by atoms with Gasteiger partial charge in [0.1, 0.15) is 0 Å². The topological polar surface area (TPSA) is 39.7 Å². The van der Waals surface area contributed by atoms with Crippen LogP contribution in [-0.2, 0) is 6.54 Å². The van der Waals surface area contributed by atoms with Crippen molar-refractivity contribution in [1.29, 1.82) is 0 Å². The molecule has 7 heteroatoms. The van der Waals surface area contributed by atoms with E-state index in [4.69, 9.17) is 0 Å². The van der Waals surface area contributed by atoms with Crippen molar-refractivity contribution in [2.45, 2.75) is 25.4 Å². The van der Waals surface area contributed by atoms with Gasteiger partial charge in [0, 0.05) is 40.9 Å². The van der Waals surface area contributed by atoms with E-state index in [1.165, 1.54) is 9.88 Å². The molecular formula is C16H21BrN4S2. The minimum absolute atomic E-state index is 0.493. The first-order valence-electron chi connectivity index (χ1n) is 7.73. The van der Waals surface area contributed by atoms with E-state index in [0.717, 1.165) is 42.9 Å². The number of hydrogen-bond acceptors (Lipinski definition) is 4. The number of aliphatic imine (C=N–C) groups is 1. The molecule has 0 unspecified atom stereocenters. The van der Waals surface area contributed by atoms with Gasteiger partial charge in [0.2, 0.25) is 0 Å². The number of halogens is 1. The minimum Gasteiger partial charge on any atom is -0.363 e. The second-order valence-electron chi connectivity index (χ2n) is 5.51. The molecule has 1 aliphatic heterocycles. The average Bonchev–Trinajstić information content (AvgIpc) is 3.24. The van der Waals surface area contributed by atoms with E-state index in [1.54, 1.807) is 11.3 Å². The Morgan fingerprint density at radius 2 is 2.22 bits per heavy atom. The van der Waals surface area contributed by atoms with Crippen LogP contribution in [0.3, 0.4) is 0 Å². The fourth-order valence-electron chi connectivity index (χ4n) is 2.70. The summed E-state index contributed by atoms with van der Waals surface area (Å²) >= 11 is 7.06. The van der Waals surface area contributed by atoms with Crippen molar-refractivity contribution < 1.29 is 0 Å². The lowest BCUT2D eigenvalue weighted by atomic mass is 10.1. The molecule has 1 fully saturated rings. The van der Waals surface area contributed by atoms with E-state index in [-0.39, 0.29) is 0 Å². The molecule has 124 valence electrons. The van der Waals surface area contributed by atoms with Gasteiger partial charge in [-0.1, -0.05) is 0 Å². The van der Waals surface area contributed by atoms with E-state index in [2.05, 4.69) is 65.4 Å². The van der Waals surface area contributed by atoms with E-state index in [0.29, 0.717) is 6.04 Å². The molecule has 2 aromatic rings. The van der Waals surface area contributed by atoms with E-state index in [1.807, 2.05) is 18.4 Å². The number of nitrogens with zero attached hydrogens (tertiary/aromatic N) is 2. The van der Waals surface area contributed by atoms with E-state index >= 15 is 0 Å². The molecule has 0 spiro atoms. The molecule has 2 aromatic heterocycles. The Morgan fingerprint density at radius 1 is 1.39 bits per heavy atom. The summed E-state index contributed by atoms with van der Waals surface area (Å²) in [6.45, 7) is 3.02. The predicted octanol–water partition coefficient (Wildman–Crippen LogP) is 3.91. The molecule has 3 heterocycles. The molecule has 4 nitrogen and oxygen atoms in total. The van der Waals surface area contributed by atoms with Crippen molar-refractivity contribution in [2.24, 2.45) is 4.99 Å². The summed E-state index contributed by atoms with van der Waals surface area (Å²) in [6.07, 6.45) is 2.28. The highest BCUT2D eigenvalue weighted by Crippen LogP contribution is 2.24. The fraction of sp³-hybridized carbons (Fsp3) is 0.438. The quantitative estimate of drug-likeness (QED) is 0.590. The third-order valence-corrected chi connectivity index (χ3v) is 6.56. The van der Waals surface area contributed by atoms with Gasteiger partial charge in [0.05, 0.1) is 11.5 Å². The van der Waals surface area contributed by atoms with Gasteiger partial charge in [0.15, 0.2) is 5.96 Å². The number of nitrogens with one attached hydrogen (secondary N) is 2. The monoisotopic (exact) mass is 412 g/mol. The zero-order chi connectivity index (χ0) is 16.1. The lowest BCUT2D eigenvalue weighted by molar-refractivity contribution is 0.463. The molecule has 2 N–H and O–H groups in total. The second-order valence-corrected chi connectivity index (χ2v) is 8.35. The SMILES string of the molecule is CN=C(NCc1cc(Br)cs1)NC1CCN(c2cccs2)CC1. The van der Waals surface area contributed by atoms with Crippen LogP contribution in [-0.4, -0.2) is 32.1 Å². The van der Waals surface area contributed by atoms with Crippen molar-refractivity contribution in [1.82, 2.24) is 10.6 Å². The standard InChI is InChI=1S/C16H21BrN4S2/c1-18-16(19-10-14-9-12(17)11-23-14)20-13-4-6-21(7-5-13)15-3-2-8-22-15/h2-3,8-9,11,13H,4-7,10H2,1H3,(H2,18,19,20). The van der Waals surface area contributed by atoms with Crippen LogP contribution in [0.5, 0.6) is 0 Å². The first-order chi connectivity index (χ1) is 11.2. The number of guanidine groups is 1. The molecule has 0 radical (unpaired) electrons. The maximum absolute atomic E-state index is 4.35. The largest absolute Gasteiger partial charge is 0.363 e. The Labute approximate surface area is 153 Å². The molecule has 0 saturated carbocycles. The van der Waals surface area contributed by atoms with Crippen LogP contribution in [0.4, 0.5) is 5.00 Å². The Balaban J connectivity index is 1.45. The van der Waals surface area contributed by atoms with E-state index in [9.17, 15) is 0 Å². The van der Waals surface area contributed by atoms with Crippen LogP contribution in [0.25, 0.3) is 0 Å². The molecule has 23 heavy (non-hydrogen) atoms. The summed E-state index contributed by atoms with van der Waals surface area (Å²) in [4.78, 5) is 8.12. The lowest BCUT2D eigenvalue weighted by Crippen LogP contribution is -2.48. The average molecular weight is 413 g/mol. The Morgan fingerprint density at radius 3 is 2.83 bits per heavy atom. The third-order valence-electron chi connectivity index (χ3n) is 3.93. The highest BCUT2D eigenvalue weighted by molar-refractivity contribution is 9.10. The van der Waals surface area contributed by atoms with Crippen LogP contribution in [0.15, 0.2) is 38.4 Å². The Bertz CT molecular complexity index is 630. The third kappa shape index (κ3) is 4.71. The van der Waals surface area contributed by atoms with Gasteiger partial charge < -0.3 is 15.5 Å². The van der Waals surface area contributed by atoms with Gasteiger partial charge in [0.25, 0.3) is 0 Å². The van der Waals surface area contributed by atoms with Gasteiger partial charge >= 0.3 is 0 Å². The number of hydrogen-bond donors (Lipinski definition) is 2. The summed E-state index contributed by atoms with van der Waals surface area (Å²) in [7, 11) is 1.83. The number of thiophene rings is 2. The summed E-state index contributed by atoms with van der Waals surface area (Å²) < 4.78 is 1.14. The Hall–Kier alpha value is -1.05. The number of rotatable bonds is 4. The molecule has 0 bridgehead atoms. The summed E-state index contributed by atoms with van der Waals surface area (Å²) in [5.41, 5.74) is 0. The summed E-state index contributed by atoms with van der Waals surface area (Å²) in [5, 5.41) is 12.6. The van der Waals surface area contributed by atoms with Gasteiger partial charge in [-0.25, -0.2) is 0 Å². The second kappa shape index (κ2) is 8.17. The maximum atomic E-state index is 4.35. The van der Waals surface area contributed by atoms with Crippen molar-refractivity contribution in [3.05, 3.63) is 38.3 Å². The zero-order valence-electron chi connectivity index (χ0n) is 13.1. The smallest absolute Gasteiger partial charge is 0.191 e.